The second kappa shape index (κ2) is 6.35. The first-order chi connectivity index (χ1) is 9.04. The molecule has 1 aromatic rings. The second-order valence-corrected chi connectivity index (χ2v) is 6.03. The number of pyridine rings is 1. The molecule has 106 valence electrons. The van der Waals surface area contributed by atoms with Crippen LogP contribution in [0, 0.1) is 0 Å². The second-order valence-electron chi connectivity index (χ2n) is 6.03. The molecule has 0 radical (unpaired) electrons. The van der Waals surface area contributed by atoms with Gasteiger partial charge in [0.2, 0.25) is 0 Å². The fraction of sp³-hybridized carbons (Fsp3) is 0.667. The van der Waals surface area contributed by atoms with E-state index in [1.54, 1.807) is 6.20 Å². The molecule has 0 saturated carbocycles. The van der Waals surface area contributed by atoms with Crippen molar-refractivity contribution < 1.29 is 9.47 Å². The maximum Gasteiger partial charge on any atom is 0.127 e. The molecule has 1 aliphatic rings. The summed E-state index contributed by atoms with van der Waals surface area (Å²) in [6, 6.07) is 1.93. The molecule has 1 fully saturated rings. The lowest BCUT2D eigenvalue weighted by atomic mass is 10.1. The van der Waals surface area contributed by atoms with Gasteiger partial charge in [-0.25, -0.2) is 0 Å². The van der Waals surface area contributed by atoms with E-state index in [4.69, 9.17) is 9.47 Å². The van der Waals surface area contributed by atoms with Crippen LogP contribution in [-0.2, 0) is 11.3 Å². The molecule has 1 aliphatic heterocycles. The summed E-state index contributed by atoms with van der Waals surface area (Å²) >= 11 is 0. The molecular formula is C15H24N2O2. The van der Waals surface area contributed by atoms with Crippen LogP contribution in [-0.4, -0.2) is 29.8 Å². The summed E-state index contributed by atoms with van der Waals surface area (Å²) in [5, 5.41) is 3.46. The van der Waals surface area contributed by atoms with Crippen molar-refractivity contribution in [1.82, 2.24) is 10.3 Å². The van der Waals surface area contributed by atoms with Crippen molar-refractivity contribution in [2.45, 2.75) is 51.8 Å². The van der Waals surface area contributed by atoms with Crippen LogP contribution in [0.4, 0.5) is 0 Å². The quantitative estimate of drug-likeness (QED) is 0.887. The van der Waals surface area contributed by atoms with Crippen LogP contribution in [0.3, 0.4) is 0 Å². The summed E-state index contributed by atoms with van der Waals surface area (Å²) in [5.74, 6) is 0.905. The van der Waals surface area contributed by atoms with Gasteiger partial charge in [-0.05, 0) is 39.7 Å². The van der Waals surface area contributed by atoms with Crippen LogP contribution in [0.2, 0.25) is 0 Å². The van der Waals surface area contributed by atoms with Gasteiger partial charge in [-0.1, -0.05) is 0 Å². The number of nitrogens with one attached hydrogen (secondary N) is 1. The Kier molecular flexibility index (Phi) is 4.77. The predicted molar refractivity (Wildman–Crippen MR) is 75.3 cm³/mol. The first-order valence-corrected chi connectivity index (χ1v) is 6.97. The first kappa shape index (κ1) is 14.3. The monoisotopic (exact) mass is 264 g/mol. The topological polar surface area (TPSA) is 43.4 Å². The van der Waals surface area contributed by atoms with E-state index < -0.39 is 0 Å². The Morgan fingerprint density at radius 3 is 3.00 bits per heavy atom. The van der Waals surface area contributed by atoms with Gasteiger partial charge in [0.15, 0.2) is 0 Å². The Bertz CT molecular complexity index is 395. The average molecular weight is 264 g/mol. The van der Waals surface area contributed by atoms with Crippen molar-refractivity contribution in [3.63, 3.8) is 0 Å². The summed E-state index contributed by atoms with van der Waals surface area (Å²) in [6.45, 7) is 8.70. The highest BCUT2D eigenvalue weighted by Gasteiger charge is 2.17. The predicted octanol–water partition coefficient (Wildman–Crippen LogP) is 2.53. The molecule has 1 saturated heterocycles. The van der Waals surface area contributed by atoms with Gasteiger partial charge >= 0.3 is 0 Å². The van der Waals surface area contributed by atoms with Crippen LogP contribution in [0.15, 0.2) is 18.5 Å². The van der Waals surface area contributed by atoms with Crippen LogP contribution in [0.1, 0.15) is 39.2 Å². The number of ether oxygens (including phenoxy) is 2. The molecule has 0 aromatic carbocycles. The first-order valence-electron chi connectivity index (χ1n) is 6.97. The fourth-order valence-electron chi connectivity index (χ4n) is 2.01. The molecule has 2 rings (SSSR count). The largest absolute Gasteiger partial charge is 0.490 e. The molecule has 0 bridgehead atoms. The van der Waals surface area contributed by atoms with E-state index in [1.807, 2.05) is 12.3 Å². The van der Waals surface area contributed by atoms with Gasteiger partial charge in [0.05, 0.1) is 6.10 Å². The van der Waals surface area contributed by atoms with E-state index in [0.717, 1.165) is 37.3 Å². The summed E-state index contributed by atoms with van der Waals surface area (Å²) < 4.78 is 11.5. The standard InChI is InChI=1S/C15H24N2O2/c1-15(2,3)17-10-12-9-16-7-6-14(12)19-11-13-5-4-8-18-13/h6-7,9,13,17H,4-5,8,10-11H2,1-3H3. The molecule has 4 heteroatoms. The zero-order chi connectivity index (χ0) is 13.7. The SMILES string of the molecule is CC(C)(C)NCc1cnccc1OCC1CCCO1. The smallest absolute Gasteiger partial charge is 0.127 e. The van der Waals surface area contributed by atoms with Crippen molar-refractivity contribution in [2.75, 3.05) is 13.2 Å². The van der Waals surface area contributed by atoms with Crippen molar-refractivity contribution in [2.24, 2.45) is 0 Å². The maximum atomic E-state index is 5.88. The van der Waals surface area contributed by atoms with E-state index in [-0.39, 0.29) is 11.6 Å². The molecule has 1 atom stereocenters. The lowest BCUT2D eigenvalue weighted by molar-refractivity contribution is 0.0675. The summed E-state index contributed by atoms with van der Waals surface area (Å²) in [5.41, 5.74) is 1.18. The molecule has 2 heterocycles. The molecule has 0 amide bonds. The van der Waals surface area contributed by atoms with Gasteiger partial charge in [0.25, 0.3) is 0 Å². The van der Waals surface area contributed by atoms with E-state index >= 15 is 0 Å². The Balaban J connectivity index is 1.91. The number of nitrogens with zero attached hydrogens (tertiary/aromatic N) is 1. The Hall–Kier alpha value is -1.13. The summed E-state index contributed by atoms with van der Waals surface area (Å²) in [4.78, 5) is 4.17. The Morgan fingerprint density at radius 1 is 1.47 bits per heavy atom. The molecule has 19 heavy (non-hydrogen) atoms. The van der Waals surface area contributed by atoms with Gasteiger partial charge in [0, 0.05) is 36.6 Å². The highest BCUT2D eigenvalue weighted by Crippen LogP contribution is 2.20. The lowest BCUT2D eigenvalue weighted by Crippen LogP contribution is -2.35. The van der Waals surface area contributed by atoms with E-state index in [9.17, 15) is 0 Å². The van der Waals surface area contributed by atoms with Crippen molar-refractivity contribution in [3.8, 4) is 5.75 Å². The van der Waals surface area contributed by atoms with E-state index in [2.05, 4.69) is 31.1 Å². The lowest BCUT2D eigenvalue weighted by Gasteiger charge is -2.21. The normalized spacial score (nSPS) is 19.6. The molecule has 1 aromatic heterocycles. The van der Waals surface area contributed by atoms with Crippen LogP contribution >= 0.6 is 0 Å². The van der Waals surface area contributed by atoms with Gasteiger partial charge in [-0.2, -0.15) is 0 Å². The van der Waals surface area contributed by atoms with Crippen LogP contribution in [0.25, 0.3) is 0 Å². The molecule has 0 aliphatic carbocycles. The highest BCUT2D eigenvalue weighted by atomic mass is 16.5. The number of aromatic nitrogens is 1. The van der Waals surface area contributed by atoms with Gasteiger partial charge < -0.3 is 14.8 Å². The minimum atomic E-state index is 0.0850. The Labute approximate surface area is 115 Å². The van der Waals surface area contributed by atoms with Gasteiger partial charge in [-0.15, -0.1) is 0 Å². The zero-order valence-electron chi connectivity index (χ0n) is 12.1. The molecule has 4 nitrogen and oxygen atoms in total. The highest BCUT2D eigenvalue weighted by molar-refractivity contribution is 5.30. The van der Waals surface area contributed by atoms with Crippen molar-refractivity contribution in [3.05, 3.63) is 24.0 Å². The molecule has 0 spiro atoms. The van der Waals surface area contributed by atoms with Gasteiger partial charge in [0.1, 0.15) is 12.4 Å². The third-order valence-electron chi connectivity index (χ3n) is 3.12. The molecule has 1 unspecified atom stereocenters. The molecule has 1 N–H and O–H groups in total. The van der Waals surface area contributed by atoms with E-state index in [1.165, 1.54) is 0 Å². The van der Waals surface area contributed by atoms with Gasteiger partial charge in [-0.3, -0.25) is 4.98 Å². The Morgan fingerprint density at radius 2 is 2.32 bits per heavy atom. The minimum absolute atomic E-state index is 0.0850. The van der Waals surface area contributed by atoms with Crippen molar-refractivity contribution in [1.29, 1.82) is 0 Å². The molecular weight excluding hydrogens is 240 g/mol. The average Bonchev–Trinajstić information content (AvgIpc) is 2.87. The maximum absolute atomic E-state index is 5.88. The number of rotatable bonds is 5. The van der Waals surface area contributed by atoms with Crippen LogP contribution < -0.4 is 10.1 Å². The fourth-order valence-corrected chi connectivity index (χ4v) is 2.01. The third kappa shape index (κ3) is 4.80. The third-order valence-corrected chi connectivity index (χ3v) is 3.12. The summed E-state index contributed by atoms with van der Waals surface area (Å²) in [6.07, 6.45) is 6.12. The zero-order valence-corrected chi connectivity index (χ0v) is 12.1. The van der Waals surface area contributed by atoms with Crippen molar-refractivity contribution >= 4 is 0 Å². The van der Waals surface area contributed by atoms with E-state index in [0.29, 0.717) is 6.61 Å². The minimum Gasteiger partial charge on any atom is -0.490 e. The number of hydrogen-bond acceptors (Lipinski definition) is 4. The van der Waals surface area contributed by atoms with Crippen LogP contribution in [0.5, 0.6) is 5.75 Å². The summed E-state index contributed by atoms with van der Waals surface area (Å²) in [7, 11) is 0. The number of hydrogen-bond donors (Lipinski definition) is 1.